The van der Waals surface area contributed by atoms with Gasteiger partial charge in [-0.05, 0) is 24.5 Å². The van der Waals surface area contributed by atoms with Gasteiger partial charge in [0.15, 0.2) is 5.16 Å². The van der Waals surface area contributed by atoms with E-state index in [0.29, 0.717) is 22.2 Å². The van der Waals surface area contributed by atoms with Crippen LogP contribution < -0.4 is 4.74 Å². The van der Waals surface area contributed by atoms with E-state index in [1.807, 2.05) is 6.26 Å². The zero-order valence-corrected chi connectivity index (χ0v) is 10.3. The van der Waals surface area contributed by atoms with Gasteiger partial charge < -0.3 is 4.74 Å². The van der Waals surface area contributed by atoms with Crippen molar-refractivity contribution < 1.29 is 9.13 Å². The average Bonchev–Trinajstić information content (AvgIpc) is 2.38. The molecule has 0 amide bonds. The number of halogens is 1. The Kier molecular flexibility index (Phi) is 3.58. The topological polar surface area (TPSA) is 35.0 Å². The van der Waals surface area contributed by atoms with E-state index in [1.54, 1.807) is 24.4 Å². The van der Waals surface area contributed by atoms with Gasteiger partial charge in [-0.15, -0.1) is 0 Å². The Morgan fingerprint density at radius 3 is 2.82 bits per heavy atom. The summed E-state index contributed by atoms with van der Waals surface area (Å²) in [5, 5.41) is 0.604. The summed E-state index contributed by atoms with van der Waals surface area (Å²) in [5.74, 6) is 0.117. The van der Waals surface area contributed by atoms with E-state index in [4.69, 9.17) is 4.74 Å². The smallest absolute Gasteiger partial charge is 0.187 e. The lowest BCUT2D eigenvalue weighted by molar-refractivity contribution is 0.413. The molecule has 0 N–H and O–H groups in total. The highest BCUT2D eigenvalue weighted by Gasteiger charge is 2.13. The zero-order valence-electron chi connectivity index (χ0n) is 9.48. The summed E-state index contributed by atoms with van der Waals surface area (Å²) >= 11 is 1.41. The van der Waals surface area contributed by atoms with Crippen LogP contribution in [0.25, 0.3) is 11.3 Å². The molecule has 2 rings (SSSR count). The van der Waals surface area contributed by atoms with Crippen LogP contribution in [0.4, 0.5) is 4.39 Å². The van der Waals surface area contributed by atoms with Gasteiger partial charge in [0.25, 0.3) is 0 Å². The summed E-state index contributed by atoms with van der Waals surface area (Å²) in [5.41, 5.74) is 0.895. The predicted molar refractivity (Wildman–Crippen MR) is 65.8 cm³/mol. The Bertz CT molecular complexity index is 534. The molecule has 0 bridgehead atoms. The van der Waals surface area contributed by atoms with Crippen LogP contribution in [0.2, 0.25) is 0 Å². The Hall–Kier alpha value is -1.62. The number of rotatable bonds is 3. The van der Waals surface area contributed by atoms with E-state index < -0.39 is 0 Å². The van der Waals surface area contributed by atoms with Crippen LogP contribution >= 0.6 is 11.8 Å². The van der Waals surface area contributed by atoms with E-state index in [9.17, 15) is 4.39 Å². The van der Waals surface area contributed by atoms with Crippen molar-refractivity contribution in [2.75, 3.05) is 13.4 Å². The number of methoxy groups -OCH3 is 1. The summed E-state index contributed by atoms with van der Waals surface area (Å²) in [6.45, 7) is 0. The third-order valence-electron chi connectivity index (χ3n) is 2.27. The van der Waals surface area contributed by atoms with Gasteiger partial charge in [-0.3, -0.25) is 0 Å². The highest BCUT2D eigenvalue weighted by molar-refractivity contribution is 7.98. The largest absolute Gasteiger partial charge is 0.496 e. The molecule has 2 aromatic rings. The van der Waals surface area contributed by atoms with Gasteiger partial charge in [-0.2, -0.15) is 0 Å². The maximum Gasteiger partial charge on any atom is 0.187 e. The lowest BCUT2D eigenvalue weighted by Crippen LogP contribution is -1.95. The first kappa shape index (κ1) is 11.9. The van der Waals surface area contributed by atoms with Crippen molar-refractivity contribution in [2.24, 2.45) is 0 Å². The lowest BCUT2D eigenvalue weighted by Gasteiger charge is -2.09. The van der Waals surface area contributed by atoms with E-state index in [-0.39, 0.29) is 5.82 Å². The quantitative estimate of drug-likeness (QED) is 0.619. The molecule has 0 radical (unpaired) electrons. The number of hydrogen-bond acceptors (Lipinski definition) is 4. The Balaban J connectivity index is 2.58. The Labute approximate surface area is 103 Å². The zero-order chi connectivity index (χ0) is 12.3. The molecule has 3 nitrogen and oxygen atoms in total. The van der Waals surface area contributed by atoms with Crippen LogP contribution in [0.5, 0.6) is 5.75 Å². The number of benzene rings is 1. The standard InChI is InChI=1S/C12H11FN2OS/c1-16-10-5-3-4-8(13)11(10)9-6-7-14-12(15-9)17-2/h3-7H,1-2H3. The minimum Gasteiger partial charge on any atom is -0.496 e. The van der Waals surface area contributed by atoms with Crippen LogP contribution in [-0.4, -0.2) is 23.3 Å². The summed E-state index contributed by atoms with van der Waals surface area (Å²) in [6, 6.07) is 6.37. The second-order valence-electron chi connectivity index (χ2n) is 3.25. The minimum absolute atomic E-state index is 0.352. The van der Waals surface area contributed by atoms with E-state index in [1.165, 1.54) is 24.9 Å². The van der Waals surface area contributed by atoms with Crippen molar-refractivity contribution >= 4 is 11.8 Å². The van der Waals surface area contributed by atoms with Crippen LogP contribution in [0.15, 0.2) is 35.6 Å². The fourth-order valence-corrected chi connectivity index (χ4v) is 1.86. The van der Waals surface area contributed by atoms with Crippen molar-refractivity contribution in [3.8, 4) is 17.0 Å². The molecular weight excluding hydrogens is 239 g/mol. The van der Waals surface area contributed by atoms with Crippen LogP contribution in [0.1, 0.15) is 0 Å². The maximum absolute atomic E-state index is 13.8. The molecule has 0 aliphatic carbocycles. The van der Waals surface area contributed by atoms with Crippen molar-refractivity contribution in [3.63, 3.8) is 0 Å². The molecule has 0 saturated heterocycles. The molecule has 5 heteroatoms. The second-order valence-corrected chi connectivity index (χ2v) is 4.02. The van der Waals surface area contributed by atoms with Gasteiger partial charge in [0.05, 0.1) is 18.4 Å². The molecule has 0 atom stereocenters. The highest BCUT2D eigenvalue weighted by atomic mass is 32.2. The van der Waals surface area contributed by atoms with Crippen LogP contribution in [0.3, 0.4) is 0 Å². The first-order chi connectivity index (χ1) is 8.26. The molecule has 1 aromatic carbocycles. The normalized spacial score (nSPS) is 10.3. The highest BCUT2D eigenvalue weighted by Crippen LogP contribution is 2.31. The predicted octanol–water partition coefficient (Wildman–Crippen LogP) is 3.01. The Morgan fingerprint density at radius 1 is 1.29 bits per heavy atom. The van der Waals surface area contributed by atoms with E-state index >= 15 is 0 Å². The average molecular weight is 250 g/mol. The summed E-state index contributed by atoms with van der Waals surface area (Å²) in [4.78, 5) is 8.32. The molecule has 0 saturated carbocycles. The number of ether oxygens (including phenoxy) is 1. The summed E-state index contributed by atoms with van der Waals surface area (Å²) in [7, 11) is 1.51. The van der Waals surface area contributed by atoms with Crippen LogP contribution in [-0.2, 0) is 0 Å². The molecule has 0 fully saturated rings. The van der Waals surface area contributed by atoms with Crippen molar-refractivity contribution in [2.45, 2.75) is 5.16 Å². The lowest BCUT2D eigenvalue weighted by atomic mass is 10.1. The molecule has 88 valence electrons. The van der Waals surface area contributed by atoms with Gasteiger partial charge in [-0.25, -0.2) is 14.4 Å². The fraction of sp³-hybridized carbons (Fsp3) is 0.167. The van der Waals surface area contributed by atoms with Gasteiger partial charge >= 0.3 is 0 Å². The number of hydrogen-bond donors (Lipinski definition) is 0. The number of aromatic nitrogens is 2. The number of thioether (sulfide) groups is 1. The van der Waals surface area contributed by atoms with Gasteiger partial charge in [-0.1, -0.05) is 17.8 Å². The minimum atomic E-state index is -0.352. The third kappa shape index (κ3) is 2.39. The van der Waals surface area contributed by atoms with Gasteiger partial charge in [0.2, 0.25) is 0 Å². The Morgan fingerprint density at radius 2 is 2.12 bits per heavy atom. The second kappa shape index (κ2) is 5.14. The molecular formula is C12H11FN2OS. The van der Waals surface area contributed by atoms with Crippen LogP contribution in [0, 0.1) is 5.82 Å². The molecule has 0 spiro atoms. The molecule has 17 heavy (non-hydrogen) atoms. The summed E-state index contributed by atoms with van der Waals surface area (Å²) in [6.07, 6.45) is 3.48. The summed E-state index contributed by atoms with van der Waals surface area (Å²) < 4.78 is 19.0. The fourth-order valence-electron chi connectivity index (χ4n) is 1.50. The van der Waals surface area contributed by atoms with E-state index in [2.05, 4.69) is 9.97 Å². The van der Waals surface area contributed by atoms with Gasteiger partial charge in [0, 0.05) is 6.20 Å². The third-order valence-corrected chi connectivity index (χ3v) is 2.83. The van der Waals surface area contributed by atoms with Crippen molar-refractivity contribution in [3.05, 3.63) is 36.3 Å². The van der Waals surface area contributed by atoms with Crippen molar-refractivity contribution in [1.82, 2.24) is 9.97 Å². The monoisotopic (exact) mass is 250 g/mol. The maximum atomic E-state index is 13.8. The molecule has 1 aromatic heterocycles. The first-order valence-electron chi connectivity index (χ1n) is 4.96. The molecule has 1 heterocycles. The molecule has 0 aliphatic heterocycles. The molecule has 0 unspecified atom stereocenters. The van der Waals surface area contributed by atoms with Gasteiger partial charge in [0.1, 0.15) is 11.6 Å². The number of nitrogens with zero attached hydrogens (tertiary/aromatic N) is 2. The van der Waals surface area contributed by atoms with Crippen molar-refractivity contribution in [1.29, 1.82) is 0 Å². The first-order valence-corrected chi connectivity index (χ1v) is 6.18. The SMILES string of the molecule is COc1cccc(F)c1-c1ccnc(SC)n1. The van der Waals surface area contributed by atoms with E-state index in [0.717, 1.165) is 0 Å². The molecule has 0 aliphatic rings.